The maximum Gasteiger partial charge on any atom is 0.0498 e. The maximum absolute atomic E-state index is 6.16. The number of rotatable bonds is 3. The molecule has 2 nitrogen and oxygen atoms in total. The van der Waals surface area contributed by atoms with Crippen molar-refractivity contribution in [3.05, 3.63) is 34.5 Å². The van der Waals surface area contributed by atoms with Crippen molar-refractivity contribution in [2.45, 2.75) is 26.8 Å². The van der Waals surface area contributed by atoms with E-state index in [1.54, 1.807) is 0 Å². The first-order valence-electron chi connectivity index (χ1n) is 5.59. The van der Waals surface area contributed by atoms with Crippen LogP contribution in [0.1, 0.15) is 17.5 Å². The van der Waals surface area contributed by atoms with Crippen LogP contribution in [0.3, 0.4) is 0 Å². The van der Waals surface area contributed by atoms with Crippen LogP contribution in [-0.2, 0) is 6.54 Å². The lowest BCUT2D eigenvalue weighted by Gasteiger charge is -2.05. The van der Waals surface area contributed by atoms with Crippen LogP contribution in [-0.4, -0.2) is 11.1 Å². The molecule has 0 aliphatic carbocycles. The maximum atomic E-state index is 6.16. The molecule has 16 heavy (non-hydrogen) atoms. The monoisotopic (exact) mass is 236 g/mol. The van der Waals surface area contributed by atoms with E-state index in [9.17, 15) is 0 Å². The van der Waals surface area contributed by atoms with E-state index in [4.69, 9.17) is 17.3 Å². The molecule has 0 unspecified atom stereocenters. The molecule has 1 aromatic heterocycles. The van der Waals surface area contributed by atoms with Gasteiger partial charge in [0, 0.05) is 28.7 Å². The first-order valence-corrected chi connectivity index (χ1v) is 5.97. The molecule has 2 N–H and O–H groups in total. The van der Waals surface area contributed by atoms with Crippen LogP contribution in [0, 0.1) is 13.8 Å². The van der Waals surface area contributed by atoms with Crippen molar-refractivity contribution in [2.24, 2.45) is 5.73 Å². The van der Waals surface area contributed by atoms with Crippen molar-refractivity contribution in [2.75, 3.05) is 6.54 Å². The van der Waals surface area contributed by atoms with Crippen molar-refractivity contribution < 1.29 is 0 Å². The van der Waals surface area contributed by atoms with Gasteiger partial charge in [-0.2, -0.15) is 0 Å². The van der Waals surface area contributed by atoms with Gasteiger partial charge in [0.2, 0.25) is 0 Å². The van der Waals surface area contributed by atoms with Crippen molar-refractivity contribution in [1.29, 1.82) is 0 Å². The van der Waals surface area contributed by atoms with Crippen molar-refractivity contribution in [3.8, 4) is 0 Å². The van der Waals surface area contributed by atoms with E-state index in [2.05, 4.69) is 29.8 Å². The van der Waals surface area contributed by atoms with E-state index in [0.717, 1.165) is 30.1 Å². The van der Waals surface area contributed by atoms with Crippen LogP contribution in [0.25, 0.3) is 10.9 Å². The van der Waals surface area contributed by atoms with Gasteiger partial charge in [-0.3, -0.25) is 0 Å². The summed E-state index contributed by atoms with van der Waals surface area (Å²) in [5.41, 5.74) is 9.18. The van der Waals surface area contributed by atoms with E-state index in [1.807, 2.05) is 6.92 Å². The molecule has 0 saturated carbocycles. The summed E-state index contributed by atoms with van der Waals surface area (Å²) in [6.45, 7) is 5.85. The summed E-state index contributed by atoms with van der Waals surface area (Å²) in [6.07, 6.45) is 3.17. The Bertz CT molecular complexity index is 514. The normalized spacial score (nSPS) is 11.2. The number of nitrogens with two attached hydrogens (primary N) is 1. The first kappa shape index (κ1) is 11.5. The summed E-state index contributed by atoms with van der Waals surface area (Å²) < 4.78 is 2.24. The van der Waals surface area contributed by atoms with Gasteiger partial charge < -0.3 is 10.3 Å². The largest absolute Gasteiger partial charge is 0.347 e. The summed E-state index contributed by atoms with van der Waals surface area (Å²) in [4.78, 5) is 0. The minimum Gasteiger partial charge on any atom is -0.347 e. The highest BCUT2D eigenvalue weighted by molar-refractivity contribution is 6.32. The highest BCUT2D eigenvalue weighted by Gasteiger charge is 2.07. The molecule has 0 aliphatic heterocycles. The molecule has 86 valence electrons. The van der Waals surface area contributed by atoms with E-state index < -0.39 is 0 Å². The van der Waals surface area contributed by atoms with Crippen LogP contribution in [0.5, 0.6) is 0 Å². The van der Waals surface area contributed by atoms with Gasteiger partial charge in [-0.15, -0.1) is 0 Å². The lowest BCUT2D eigenvalue weighted by molar-refractivity contribution is 0.670. The van der Waals surface area contributed by atoms with Gasteiger partial charge in [0.1, 0.15) is 0 Å². The molecular weight excluding hydrogens is 220 g/mol. The number of hydrogen-bond donors (Lipinski definition) is 1. The standard InChI is InChI=1S/C13H17ClN2/c1-9-6-11-10(2)8-16(5-3-4-15)13(11)7-12(9)14/h6-8H,3-5,15H2,1-2H3. The topological polar surface area (TPSA) is 30.9 Å². The zero-order valence-electron chi connectivity index (χ0n) is 9.76. The van der Waals surface area contributed by atoms with Crippen LogP contribution >= 0.6 is 11.6 Å². The average molecular weight is 237 g/mol. The number of aromatic nitrogens is 1. The Balaban J connectivity index is 2.55. The van der Waals surface area contributed by atoms with Gasteiger partial charge in [-0.25, -0.2) is 0 Å². The molecule has 0 aliphatic rings. The molecule has 0 saturated heterocycles. The van der Waals surface area contributed by atoms with E-state index in [1.165, 1.54) is 16.5 Å². The second-order valence-electron chi connectivity index (χ2n) is 4.27. The van der Waals surface area contributed by atoms with E-state index >= 15 is 0 Å². The lowest BCUT2D eigenvalue weighted by atomic mass is 10.1. The molecule has 0 radical (unpaired) electrons. The van der Waals surface area contributed by atoms with E-state index in [-0.39, 0.29) is 0 Å². The van der Waals surface area contributed by atoms with Gasteiger partial charge in [-0.1, -0.05) is 11.6 Å². The number of halogens is 1. The average Bonchev–Trinajstić information content (AvgIpc) is 2.54. The van der Waals surface area contributed by atoms with Crippen molar-refractivity contribution in [1.82, 2.24) is 4.57 Å². The number of benzene rings is 1. The van der Waals surface area contributed by atoms with Gasteiger partial charge in [0.25, 0.3) is 0 Å². The van der Waals surface area contributed by atoms with Crippen LogP contribution in [0.4, 0.5) is 0 Å². The molecule has 0 atom stereocenters. The SMILES string of the molecule is Cc1cc2c(C)cn(CCCN)c2cc1Cl. The Kier molecular flexibility index (Phi) is 3.22. The number of hydrogen-bond acceptors (Lipinski definition) is 1. The quantitative estimate of drug-likeness (QED) is 0.872. The second-order valence-corrected chi connectivity index (χ2v) is 4.67. The predicted octanol–water partition coefficient (Wildman–Crippen LogP) is 3.26. The Morgan fingerprint density at radius 1 is 1.25 bits per heavy atom. The third kappa shape index (κ3) is 1.95. The molecule has 1 heterocycles. The summed E-state index contributed by atoms with van der Waals surface area (Å²) >= 11 is 6.16. The molecule has 0 spiro atoms. The molecule has 0 amide bonds. The highest BCUT2D eigenvalue weighted by atomic mass is 35.5. The van der Waals surface area contributed by atoms with E-state index in [0.29, 0.717) is 0 Å². The number of nitrogens with zero attached hydrogens (tertiary/aromatic N) is 1. The Morgan fingerprint density at radius 3 is 2.69 bits per heavy atom. The molecule has 1 aromatic carbocycles. The number of fused-ring (bicyclic) bond motifs is 1. The van der Waals surface area contributed by atoms with Gasteiger partial charge in [-0.05, 0) is 50.1 Å². The van der Waals surface area contributed by atoms with Gasteiger partial charge in [0.15, 0.2) is 0 Å². The summed E-state index contributed by atoms with van der Waals surface area (Å²) in [5, 5.41) is 2.12. The fourth-order valence-electron chi connectivity index (χ4n) is 2.04. The summed E-state index contributed by atoms with van der Waals surface area (Å²) in [7, 11) is 0. The Labute approximate surface area is 101 Å². The molecule has 2 rings (SSSR count). The zero-order valence-corrected chi connectivity index (χ0v) is 10.5. The minimum atomic E-state index is 0.721. The zero-order chi connectivity index (χ0) is 11.7. The third-order valence-electron chi connectivity index (χ3n) is 2.96. The van der Waals surface area contributed by atoms with Crippen molar-refractivity contribution >= 4 is 22.5 Å². The van der Waals surface area contributed by atoms with Gasteiger partial charge in [0.05, 0.1) is 0 Å². The second kappa shape index (κ2) is 4.48. The molecule has 3 heteroatoms. The predicted molar refractivity (Wildman–Crippen MR) is 70.1 cm³/mol. The van der Waals surface area contributed by atoms with Crippen molar-refractivity contribution in [3.63, 3.8) is 0 Å². The Morgan fingerprint density at radius 2 is 2.00 bits per heavy atom. The smallest absolute Gasteiger partial charge is 0.0498 e. The first-order chi connectivity index (χ1) is 7.63. The minimum absolute atomic E-state index is 0.721. The van der Waals surface area contributed by atoms with Crippen LogP contribution < -0.4 is 5.73 Å². The number of aryl methyl sites for hydroxylation is 3. The van der Waals surface area contributed by atoms with Gasteiger partial charge >= 0.3 is 0 Å². The fourth-order valence-corrected chi connectivity index (χ4v) is 2.20. The third-order valence-corrected chi connectivity index (χ3v) is 3.37. The molecule has 0 bridgehead atoms. The highest BCUT2D eigenvalue weighted by Crippen LogP contribution is 2.27. The summed E-state index contributed by atoms with van der Waals surface area (Å²) in [6, 6.07) is 4.21. The Hall–Kier alpha value is -0.990. The molecule has 0 fully saturated rings. The fraction of sp³-hybridized carbons (Fsp3) is 0.385. The van der Waals surface area contributed by atoms with Crippen LogP contribution in [0.15, 0.2) is 18.3 Å². The van der Waals surface area contributed by atoms with Crippen LogP contribution in [0.2, 0.25) is 5.02 Å². The lowest BCUT2D eigenvalue weighted by Crippen LogP contribution is -2.04. The molecule has 2 aromatic rings. The summed E-state index contributed by atoms with van der Waals surface area (Å²) in [5.74, 6) is 0. The molecular formula is C13H17ClN2.